The first-order valence-corrected chi connectivity index (χ1v) is 15.7. The molecule has 0 spiro atoms. The van der Waals surface area contributed by atoms with Gasteiger partial charge in [0, 0.05) is 34.4 Å². The lowest BCUT2D eigenvalue weighted by Gasteiger charge is -2.31. The fourth-order valence-corrected chi connectivity index (χ4v) is 6.66. The monoisotopic (exact) mass is 675 g/mol. The van der Waals surface area contributed by atoms with Gasteiger partial charge in [-0.05, 0) is 76.2 Å². The van der Waals surface area contributed by atoms with Crippen LogP contribution >= 0.6 is 11.6 Å². The van der Waals surface area contributed by atoms with Crippen LogP contribution in [-0.4, -0.2) is 93.9 Å². The van der Waals surface area contributed by atoms with Crippen LogP contribution in [0.25, 0.3) is 23.3 Å². The van der Waals surface area contributed by atoms with Crippen molar-refractivity contribution >= 4 is 58.6 Å². The molecule has 1 N–H and O–H groups in total. The van der Waals surface area contributed by atoms with Gasteiger partial charge in [-0.3, -0.25) is 9.89 Å². The summed E-state index contributed by atoms with van der Waals surface area (Å²) in [5.41, 5.74) is 0.835. The number of alkyl halides is 3. The van der Waals surface area contributed by atoms with Gasteiger partial charge in [-0.2, -0.15) is 27.7 Å². The zero-order chi connectivity index (χ0) is 33.9. The lowest BCUT2D eigenvalue weighted by Crippen LogP contribution is -2.44. The highest BCUT2D eigenvalue weighted by atomic mass is 35.5. The number of halogens is 5. The van der Waals surface area contributed by atoms with Crippen molar-refractivity contribution in [3.05, 3.63) is 51.5 Å². The van der Waals surface area contributed by atoms with Crippen molar-refractivity contribution in [3.8, 4) is 11.8 Å². The molecule has 2 fully saturated rings. The van der Waals surface area contributed by atoms with Gasteiger partial charge in [0.1, 0.15) is 36.9 Å². The van der Waals surface area contributed by atoms with E-state index >= 15 is 0 Å². The van der Waals surface area contributed by atoms with Gasteiger partial charge in [0.15, 0.2) is 6.21 Å². The number of phenolic OH excluding ortho intramolecular Hbond substituents is 1. The Balaban J connectivity index is 1.60. The molecule has 1 aromatic heterocycles. The predicted molar refractivity (Wildman–Crippen MR) is 174 cm³/mol. The van der Waals surface area contributed by atoms with Crippen LogP contribution < -0.4 is 20.2 Å². The summed E-state index contributed by atoms with van der Waals surface area (Å²) in [4.78, 5) is 29.2. The average Bonchev–Trinajstić information content (AvgIpc) is 3.62. The summed E-state index contributed by atoms with van der Waals surface area (Å²) in [6, 6.07) is 8.29. The van der Waals surface area contributed by atoms with E-state index in [2.05, 4.69) is 19.9 Å². The Hall–Kier alpha value is -4.10. The van der Waals surface area contributed by atoms with Crippen molar-refractivity contribution in [1.82, 2.24) is 14.9 Å². The van der Waals surface area contributed by atoms with E-state index in [-0.39, 0.29) is 46.8 Å². The third-order valence-corrected chi connectivity index (χ3v) is 9.14. The van der Waals surface area contributed by atoms with E-state index < -0.39 is 12.1 Å². The van der Waals surface area contributed by atoms with Crippen LogP contribution in [0.5, 0.6) is 11.8 Å². The standard InChI is InChI=1S/C33H35ClF4N6O3/c1-4-43(15-14-42(3)30(46)33(36,37)38)29-25(19-39-21(2)24-17-23(45)16-22-8-5-9-26(34)28(22)24)27(18-35)40-31(41-29)47-20-32-10-6-12-44(32)13-7-11-32/h5,8-9,14,16-19H,4,6-7,10-13,15,20H2,1-3H3/p+1/b25-19+,27-18-,39-21?,42-14?. The molecule has 0 aliphatic carbocycles. The van der Waals surface area contributed by atoms with Crippen LogP contribution in [0.15, 0.2) is 35.3 Å². The maximum absolute atomic E-state index is 14.6. The summed E-state index contributed by atoms with van der Waals surface area (Å²) in [7, 11) is 1.01. The van der Waals surface area contributed by atoms with Crippen LogP contribution in [0.1, 0.15) is 45.1 Å². The number of fused-ring (bicyclic) bond motifs is 2. The van der Waals surface area contributed by atoms with E-state index in [1.54, 1.807) is 43.0 Å². The highest BCUT2D eigenvalue weighted by Crippen LogP contribution is 2.39. The molecule has 2 aliphatic rings. The number of aromatic nitrogens is 2. The van der Waals surface area contributed by atoms with Gasteiger partial charge in [0.05, 0.1) is 17.3 Å². The summed E-state index contributed by atoms with van der Waals surface area (Å²) in [6.07, 6.45) is 1.70. The fraction of sp³-hybridized carbons (Fsp3) is 0.424. The Morgan fingerprint density at radius 1 is 1.23 bits per heavy atom. The first kappa shape index (κ1) is 34.2. The number of carbonyl (C=O) groups is 1. The zero-order valence-corrected chi connectivity index (χ0v) is 27.1. The third kappa shape index (κ3) is 7.25. The molecule has 0 radical (unpaired) electrons. The Morgan fingerprint density at radius 2 is 1.96 bits per heavy atom. The minimum absolute atomic E-state index is 0.000369. The molecule has 3 aromatic rings. The molecule has 2 aromatic carbocycles. The SMILES string of the molecule is CCN(CC=[N+](C)C(=O)C(F)(F)F)c1nc(OCC23CCCN2CCC3)nc(=C\F)/c1=C\N=C(C)c1cc(O)cc2cccc(Cl)c12. The lowest BCUT2D eigenvalue weighted by molar-refractivity contribution is -0.437. The number of hydrogen-bond donors (Lipinski definition) is 1. The normalized spacial score (nSPS) is 17.9. The van der Waals surface area contributed by atoms with Gasteiger partial charge in [-0.25, -0.2) is 9.18 Å². The maximum atomic E-state index is 14.6. The second-order valence-electron chi connectivity index (χ2n) is 11.8. The van der Waals surface area contributed by atoms with Crippen LogP contribution in [0.3, 0.4) is 0 Å². The molecule has 2 saturated heterocycles. The first-order valence-electron chi connectivity index (χ1n) is 15.3. The number of benzene rings is 2. The molecule has 47 heavy (non-hydrogen) atoms. The molecule has 5 rings (SSSR count). The summed E-state index contributed by atoms with van der Waals surface area (Å²) < 4.78 is 60.3. The van der Waals surface area contributed by atoms with E-state index in [1.165, 1.54) is 12.3 Å². The second-order valence-corrected chi connectivity index (χ2v) is 12.2. The predicted octanol–water partition coefficient (Wildman–Crippen LogP) is 4.58. The minimum Gasteiger partial charge on any atom is -0.508 e. The number of aromatic hydroxyl groups is 1. The number of aliphatic imine (C=N–C) groups is 1. The van der Waals surface area contributed by atoms with E-state index in [4.69, 9.17) is 16.3 Å². The summed E-state index contributed by atoms with van der Waals surface area (Å²) in [6.45, 7) is 5.76. The number of hydrogen-bond acceptors (Lipinski definition) is 8. The minimum atomic E-state index is -5.05. The number of rotatable bonds is 9. The van der Waals surface area contributed by atoms with Gasteiger partial charge in [0.2, 0.25) is 0 Å². The molecule has 250 valence electrons. The average molecular weight is 676 g/mol. The van der Waals surface area contributed by atoms with E-state index in [0.29, 0.717) is 44.6 Å². The number of amides is 1. The quantitative estimate of drug-likeness (QED) is 0.202. The molecule has 9 nitrogen and oxygen atoms in total. The number of carbonyl (C=O) groups excluding carboxylic acids is 1. The van der Waals surface area contributed by atoms with Crippen molar-refractivity contribution in [1.29, 1.82) is 0 Å². The Morgan fingerprint density at radius 3 is 2.62 bits per heavy atom. The first-order chi connectivity index (χ1) is 22.4. The van der Waals surface area contributed by atoms with Gasteiger partial charge in [-0.1, -0.05) is 23.7 Å². The van der Waals surface area contributed by atoms with E-state index in [0.717, 1.165) is 52.0 Å². The van der Waals surface area contributed by atoms with Gasteiger partial charge in [-0.15, -0.1) is 0 Å². The van der Waals surface area contributed by atoms with Crippen molar-refractivity contribution in [2.24, 2.45) is 4.99 Å². The number of nitrogens with zero attached hydrogens (tertiary/aromatic N) is 6. The molecular formula is C33H36ClF4N6O3+. The summed E-state index contributed by atoms with van der Waals surface area (Å²) >= 11 is 6.50. The smallest absolute Gasteiger partial charge is 0.508 e. The highest BCUT2D eigenvalue weighted by Gasteiger charge is 2.47. The van der Waals surface area contributed by atoms with Crippen molar-refractivity contribution < 1.29 is 36.8 Å². The molecule has 0 unspecified atom stereocenters. The Kier molecular flexibility index (Phi) is 10.2. The second kappa shape index (κ2) is 13.9. The van der Waals surface area contributed by atoms with Gasteiger partial charge < -0.3 is 14.7 Å². The lowest BCUT2D eigenvalue weighted by atomic mass is 9.95. The van der Waals surface area contributed by atoms with E-state index in [1.807, 2.05) is 0 Å². The molecule has 0 atom stereocenters. The topological polar surface area (TPSA) is 94.2 Å². The Labute approximate surface area is 274 Å². The number of phenols is 1. The van der Waals surface area contributed by atoms with Crippen LogP contribution in [0, 0.1) is 0 Å². The van der Waals surface area contributed by atoms with Crippen LogP contribution in [0.2, 0.25) is 5.02 Å². The Bertz CT molecular complexity index is 1850. The number of ether oxygens (including phenoxy) is 1. The molecular weight excluding hydrogens is 640 g/mol. The van der Waals surface area contributed by atoms with E-state index in [9.17, 15) is 27.5 Å². The third-order valence-electron chi connectivity index (χ3n) is 8.83. The molecule has 1 amide bonds. The molecule has 14 heteroatoms. The van der Waals surface area contributed by atoms with Crippen molar-refractivity contribution in [3.63, 3.8) is 0 Å². The molecule has 0 bridgehead atoms. The molecule has 2 aliphatic heterocycles. The van der Waals surface area contributed by atoms with Gasteiger partial charge in [0.25, 0.3) is 0 Å². The van der Waals surface area contributed by atoms with Crippen LogP contribution in [-0.2, 0) is 4.79 Å². The van der Waals surface area contributed by atoms with Crippen molar-refractivity contribution in [2.75, 3.05) is 44.7 Å². The summed E-state index contributed by atoms with van der Waals surface area (Å²) in [5, 5.41) is 12.2. The largest absolute Gasteiger partial charge is 0.521 e. The highest BCUT2D eigenvalue weighted by molar-refractivity contribution is 6.37. The van der Waals surface area contributed by atoms with Crippen LogP contribution in [0.4, 0.5) is 23.4 Å². The molecule has 3 heterocycles. The maximum Gasteiger partial charge on any atom is 0.521 e. The number of anilines is 1. The summed E-state index contributed by atoms with van der Waals surface area (Å²) in [5.74, 6) is -1.88. The fourth-order valence-electron chi connectivity index (χ4n) is 6.38. The zero-order valence-electron chi connectivity index (χ0n) is 26.3. The molecule has 0 saturated carbocycles. The van der Waals surface area contributed by atoms with Gasteiger partial charge >= 0.3 is 18.1 Å². The van der Waals surface area contributed by atoms with Crippen molar-refractivity contribution in [2.45, 2.75) is 51.2 Å².